The van der Waals surface area contributed by atoms with Crippen LogP contribution in [-0.2, 0) is 20.7 Å². The van der Waals surface area contributed by atoms with E-state index >= 15 is 0 Å². The summed E-state index contributed by atoms with van der Waals surface area (Å²) in [6.07, 6.45) is 5.82. The second-order valence-corrected chi connectivity index (χ2v) is 11.7. The van der Waals surface area contributed by atoms with Crippen molar-refractivity contribution in [2.45, 2.75) is 104 Å². The lowest BCUT2D eigenvalue weighted by Gasteiger charge is -2.34. The van der Waals surface area contributed by atoms with Gasteiger partial charge in [-0.05, 0) is 69.0 Å². The highest BCUT2D eigenvalue weighted by atomic mass is 16.6. The summed E-state index contributed by atoms with van der Waals surface area (Å²) in [5, 5.41) is 25.4. The Kier molecular flexibility index (Phi) is 14.2. The Bertz CT molecular complexity index is 1110. The fraction of sp³-hybridized carbons (Fsp3) is 0.545. The molecule has 2 aromatic rings. The summed E-state index contributed by atoms with van der Waals surface area (Å²) in [6, 6.07) is 10.7. The van der Waals surface area contributed by atoms with Gasteiger partial charge < -0.3 is 30.5 Å². The van der Waals surface area contributed by atoms with Crippen molar-refractivity contribution in [2.24, 2.45) is 0 Å². The molecule has 0 fully saturated rings. The van der Waals surface area contributed by atoms with Gasteiger partial charge in [-0.1, -0.05) is 70.2 Å². The van der Waals surface area contributed by atoms with Crippen LogP contribution < -0.4 is 10.6 Å². The molecule has 0 aromatic heterocycles. The average Bonchev–Trinajstić information content (AvgIpc) is 2.92. The average molecular weight is 584 g/mol. The molecule has 0 saturated heterocycles. The van der Waals surface area contributed by atoms with Gasteiger partial charge in [-0.3, -0.25) is 9.59 Å². The fourth-order valence-electron chi connectivity index (χ4n) is 4.58. The van der Waals surface area contributed by atoms with E-state index in [9.17, 15) is 24.6 Å². The van der Waals surface area contributed by atoms with Gasteiger partial charge >= 0.3 is 6.09 Å². The number of benzene rings is 2. The van der Waals surface area contributed by atoms with E-state index in [1.165, 1.54) is 24.3 Å². The first-order chi connectivity index (χ1) is 19.9. The molecule has 0 bridgehead atoms. The van der Waals surface area contributed by atoms with Crippen LogP contribution in [0.15, 0.2) is 48.5 Å². The number of phenolic OH excluding ortho intramolecular Hbond substituents is 2. The van der Waals surface area contributed by atoms with Crippen molar-refractivity contribution >= 4 is 17.9 Å². The minimum atomic E-state index is -1.04. The highest BCUT2D eigenvalue weighted by molar-refractivity contribution is 5.92. The highest BCUT2D eigenvalue weighted by Crippen LogP contribution is 2.26. The van der Waals surface area contributed by atoms with Crippen molar-refractivity contribution in [1.82, 2.24) is 15.5 Å². The Morgan fingerprint density at radius 1 is 0.833 bits per heavy atom. The Morgan fingerprint density at radius 3 is 1.98 bits per heavy atom. The van der Waals surface area contributed by atoms with Crippen molar-refractivity contribution in [1.29, 1.82) is 0 Å². The van der Waals surface area contributed by atoms with Crippen molar-refractivity contribution < 1.29 is 29.3 Å². The van der Waals surface area contributed by atoms with Gasteiger partial charge in [-0.25, -0.2) is 4.79 Å². The minimum absolute atomic E-state index is 0.0538. The highest BCUT2D eigenvalue weighted by Gasteiger charge is 2.36. The third-order valence-electron chi connectivity index (χ3n) is 6.75. The maximum atomic E-state index is 14.4. The van der Waals surface area contributed by atoms with Crippen molar-refractivity contribution in [2.75, 3.05) is 13.1 Å². The molecule has 232 valence electrons. The van der Waals surface area contributed by atoms with Crippen LogP contribution in [0.5, 0.6) is 11.5 Å². The number of rotatable bonds is 16. The molecule has 2 atom stereocenters. The van der Waals surface area contributed by atoms with Crippen LogP contribution in [0.2, 0.25) is 0 Å². The van der Waals surface area contributed by atoms with Gasteiger partial charge in [0.15, 0.2) is 0 Å². The van der Waals surface area contributed by atoms with Gasteiger partial charge in [0, 0.05) is 19.5 Å². The molecule has 2 aromatic carbocycles. The molecule has 0 spiro atoms. The zero-order chi connectivity index (χ0) is 31.1. The van der Waals surface area contributed by atoms with E-state index in [4.69, 9.17) is 4.74 Å². The first kappa shape index (κ1) is 34.5. The molecule has 9 nitrogen and oxygen atoms in total. The Morgan fingerprint density at radius 2 is 1.40 bits per heavy atom. The normalized spacial score (nSPS) is 12.7. The number of aromatic hydroxyl groups is 2. The Labute approximate surface area is 250 Å². The van der Waals surface area contributed by atoms with Crippen LogP contribution in [0.4, 0.5) is 4.79 Å². The molecule has 2 rings (SSSR count). The van der Waals surface area contributed by atoms with Crippen LogP contribution in [0, 0.1) is 0 Å². The standard InChI is InChI=1S/C33H49N3O6/c1-6-8-10-11-12-22-36(29(30(39)34-21-9-7-2)25-15-19-27(38)20-16-25)31(40)28(35-32(41)42-33(3,4)5)23-24-13-17-26(37)18-14-24/h13-20,28-29,37-38H,6-12,21-23H2,1-5H3,(H,34,39)(H,35,41). The third kappa shape index (κ3) is 12.0. The van der Waals surface area contributed by atoms with Crippen LogP contribution >= 0.6 is 0 Å². The number of amides is 3. The largest absolute Gasteiger partial charge is 0.508 e. The number of hydrogen-bond donors (Lipinski definition) is 4. The summed E-state index contributed by atoms with van der Waals surface area (Å²) in [4.78, 5) is 42.6. The lowest BCUT2D eigenvalue weighted by Crippen LogP contribution is -2.54. The molecule has 0 saturated carbocycles. The van der Waals surface area contributed by atoms with Crippen molar-refractivity contribution in [3.63, 3.8) is 0 Å². The summed E-state index contributed by atoms with van der Waals surface area (Å²) in [5.74, 6) is -0.602. The Hall–Kier alpha value is -3.75. The molecule has 4 N–H and O–H groups in total. The number of phenols is 2. The van der Waals surface area contributed by atoms with Crippen LogP contribution in [0.3, 0.4) is 0 Å². The maximum absolute atomic E-state index is 14.4. The number of carbonyl (C=O) groups excluding carboxylic acids is 3. The van der Waals surface area contributed by atoms with Crippen LogP contribution in [-0.4, -0.2) is 57.8 Å². The minimum Gasteiger partial charge on any atom is -0.508 e. The maximum Gasteiger partial charge on any atom is 0.408 e. The third-order valence-corrected chi connectivity index (χ3v) is 6.75. The molecule has 0 aliphatic rings. The molecule has 2 unspecified atom stereocenters. The predicted molar refractivity (Wildman–Crippen MR) is 164 cm³/mol. The first-order valence-electron chi connectivity index (χ1n) is 15.1. The summed E-state index contributed by atoms with van der Waals surface area (Å²) < 4.78 is 5.48. The van der Waals surface area contributed by atoms with Crippen LogP contribution in [0.25, 0.3) is 0 Å². The molecular formula is C33H49N3O6. The molecule has 0 aliphatic heterocycles. The number of hydrogen-bond acceptors (Lipinski definition) is 6. The predicted octanol–water partition coefficient (Wildman–Crippen LogP) is 5.99. The number of carbonyl (C=O) groups is 3. The monoisotopic (exact) mass is 583 g/mol. The molecule has 0 aliphatic carbocycles. The number of nitrogens with zero attached hydrogens (tertiary/aromatic N) is 1. The summed E-state index contributed by atoms with van der Waals surface area (Å²) in [5.41, 5.74) is 0.506. The lowest BCUT2D eigenvalue weighted by molar-refractivity contribution is -0.142. The zero-order valence-corrected chi connectivity index (χ0v) is 25.8. The zero-order valence-electron chi connectivity index (χ0n) is 25.8. The van der Waals surface area contributed by atoms with Gasteiger partial charge in [0.05, 0.1) is 0 Å². The van der Waals surface area contributed by atoms with E-state index in [1.807, 2.05) is 6.92 Å². The van der Waals surface area contributed by atoms with E-state index in [0.717, 1.165) is 44.1 Å². The Balaban J connectivity index is 2.52. The van der Waals surface area contributed by atoms with Gasteiger partial charge in [0.1, 0.15) is 29.2 Å². The number of alkyl carbamates (subject to hydrolysis) is 1. The number of nitrogens with one attached hydrogen (secondary N) is 2. The number of ether oxygens (including phenoxy) is 1. The van der Waals surface area contributed by atoms with Gasteiger partial charge in [0.25, 0.3) is 0 Å². The van der Waals surface area contributed by atoms with E-state index in [0.29, 0.717) is 25.1 Å². The molecular weight excluding hydrogens is 534 g/mol. The van der Waals surface area contributed by atoms with Crippen molar-refractivity contribution in [3.8, 4) is 11.5 Å². The van der Waals surface area contributed by atoms with Crippen LogP contribution in [0.1, 0.15) is 96.7 Å². The lowest BCUT2D eigenvalue weighted by atomic mass is 9.99. The van der Waals surface area contributed by atoms with E-state index in [1.54, 1.807) is 49.9 Å². The smallest absolute Gasteiger partial charge is 0.408 e. The SMILES string of the molecule is CCCCCCCN(C(=O)C(Cc1ccc(O)cc1)NC(=O)OC(C)(C)C)C(C(=O)NCCCC)c1ccc(O)cc1. The molecule has 0 radical (unpaired) electrons. The summed E-state index contributed by atoms with van der Waals surface area (Å²) in [6.45, 7) is 10.2. The second kappa shape index (κ2) is 17.3. The second-order valence-electron chi connectivity index (χ2n) is 11.7. The first-order valence-corrected chi connectivity index (χ1v) is 15.1. The van der Waals surface area contributed by atoms with Crippen molar-refractivity contribution in [3.05, 3.63) is 59.7 Å². The molecule has 3 amide bonds. The number of unbranched alkanes of at least 4 members (excludes halogenated alkanes) is 5. The molecule has 0 heterocycles. The molecule has 9 heteroatoms. The van der Waals surface area contributed by atoms with E-state index in [2.05, 4.69) is 17.6 Å². The van der Waals surface area contributed by atoms with E-state index < -0.39 is 29.7 Å². The quantitative estimate of drug-likeness (QED) is 0.180. The molecule has 42 heavy (non-hydrogen) atoms. The summed E-state index contributed by atoms with van der Waals surface area (Å²) in [7, 11) is 0. The van der Waals surface area contributed by atoms with Gasteiger partial charge in [0.2, 0.25) is 11.8 Å². The summed E-state index contributed by atoms with van der Waals surface area (Å²) >= 11 is 0. The van der Waals surface area contributed by atoms with Gasteiger partial charge in [-0.2, -0.15) is 0 Å². The topological polar surface area (TPSA) is 128 Å². The van der Waals surface area contributed by atoms with E-state index in [-0.39, 0.29) is 23.8 Å². The fourth-order valence-corrected chi connectivity index (χ4v) is 4.58. The van der Waals surface area contributed by atoms with Gasteiger partial charge in [-0.15, -0.1) is 0 Å².